The predicted molar refractivity (Wildman–Crippen MR) is 45.3 cm³/mol. The molecule has 2 nitrogen and oxygen atoms in total. The second kappa shape index (κ2) is 3.14. The zero-order valence-electron chi connectivity index (χ0n) is 4.63. The molecule has 1 N–H and O–H groups in total. The Morgan fingerprint density at radius 3 is 2.78 bits per heavy atom. The molecule has 0 aromatic carbocycles. The van der Waals surface area contributed by atoms with Crippen LogP contribution in [0.25, 0.3) is 0 Å². The largest absolute Gasteiger partial charge is 0.355 e. The fourth-order valence-corrected chi connectivity index (χ4v) is 0.993. The van der Waals surface area contributed by atoms with E-state index in [1.165, 1.54) is 0 Å². The molecule has 9 heavy (non-hydrogen) atoms. The molecule has 0 aliphatic rings. The third kappa shape index (κ3) is 1.92. The first-order valence-electron chi connectivity index (χ1n) is 2.42. The van der Waals surface area contributed by atoms with E-state index in [9.17, 15) is 0 Å². The van der Waals surface area contributed by atoms with E-state index in [1.54, 1.807) is 0 Å². The van der Waals surface area contributed by atoms with Crippen molar-refractivity contribution in [2.45, 2.75) is 0 Å². The van der Waals surface area contributed by atoms with Gasteiger partial charge in [0.05, 0.1) is 0 Å². The first-order chi connectivity index (χ1) is 4.33. The summed E-state index contributed by atoms with van der Waals surface area (Å²) in [5.74, 6) is 0.842. The van der Waals surface area contributed by atoms with Crippen molar-refractivity contribution in [1.29, 1.82) is 0 Å². The van der Waals surface area contributed by atoms with Crippen LogP contribution in [0.2, 0.25) is 0 Å². The minimum atomic E-state index is 0.842. The Morgan fingerprint density at radius 1 is 1.56 bits per heavy atom. The second-order valence-corrected chi connectivity index (χ2v) is 2.59. The summed E-state index contributed by atoms with van der Waals surface area (Å²) in [6, 6.07) is 5.69. The van der Waals surface area contributed by atoms with Gasteiger partial charge in [-0.05, 0) is 37.5 Å². The molecule has 0 aliphatic heterocycles. The van der Waals surface area contributed by atoms with Gasteiger partial charge >= 0.3 is 0 Å². The summed E-state index contributed by atoms with van der Waals surface area (Å²) in [4.78, 5) is 4.08. The fourth-order valence-electron chi connectivity index (χ4n) is 0.489. The molecule has 1 rings (SSSR count). The Balaban J connectivity index is 2.94. The van der Waals surface area contributed by atoms with Crippen LogP contribution in [0.4, 0.5) is 5.82 Å². The minimum Gasteiger partial charge on any atom is -0.355 e. The number of nitrogens with zero attached hydrogens (tertiary/aromatic N) is 1. The standard InChI is InChI=1S/C5H6BrN2P/c6-4-2-1-3-5(7-4)8-9/h1-3H,9H2,(H,7,8). The highest BCUT2D eigenvalue weighted by molar-refractivity contribution is 9.10. The van der Waals surface area contributed by atoms with Crippen molar-refractivity contribution in [1.82, 2.24) is 4.98 Å². The summed E-state index contributed by atoms with van der Waals surface area (Å²) < 4.78 is 0.843. The van der Waals surface area contributed by atoms with E-state index in [0.717, 1.165) is 10.4 Å². The van der Waals surface area contributed by atoms with Gasteiger partial charge in [0.1, 0.15) is 10.4 Å². The summed E-state index contributed by atoms with van der Waals surface area (Å²) in [5.41, 5.74) is 0. The van der Waals surface area contributed by atoms with Crippen LogP contribution in [0.3, 0.4) is 0 Å². The lowest BCUT2D eigenvalue weighted by Gasteiger charge is -1.95. The van der Waals surface area contributed by atoms with E-state index >= 15 is 0 Å². The summed E-state index contributed by atoms with van der Waals surface area (Å²) >= 11 is 3.24. The lowest BCUT2D eigenvalue weighted by atomic mass is 10.5. The van der Waals surface area contributed by atoms with E-state index in [4.69, 9.17) is 0 Å². The first-order valence-corrected chi connectivity index (χ1v) is 3.79. The SMILES string of the molecule is PNc1cccc(Br)n1. The van der Waals surface area contributed by atoms with Gasteiger partial charge in [-0.2, -0.15) is 0 Å². The summed E-state index contributed by atoms with van der Waals surface area (Å²) in [7, 11) is 2.38. The first kappa shape index (κ1) is 6.97. The van der Waals surface area contributed by atoms with E-state index in [-0.39, 0.29) is 0 Å². The molecular formula is C5H6BrN2P. The normalized spacial score (nSPS) is 9.11. The number of rotatable bonds is 1. The van der Waals surface area contributed by atoms with Gasteiger partial charge in [-0.15, -0.1) is 0 Å². The van der Waals surface area contributed by atoms with Crippen LogP contribution >= 0.6 is 25.3 Å². The Labute approximate surface area is 64.5 Å². The molecule has 4 heteroatoms. The number of halogens is 1. The molecule has 0 radical (unpaired) electrons. The van der Waals surface area contributed by atoms with Crippen LogP contribution in [-0.4, -0.2) is 4.98 Å². The molecule has 0 amide bonds. The molecule has 0 bridgehead atoms. The van der Waals surface area contributed by atoms with E-state index in [0.29, 0.717) is 0 Å². The van der Waals surface area contributed by atoms with Crippen molar-refractivity contribution in [3.8, 4) is 0 Å². The lowest BCUT2D eigenvalue weighted by molar-refractivity contribution is 1.29. The van der Waals surface area contributed by atoms with Gasteiger partial charge in [-0.1, -0.05) is 6.07 Å². The van der Waals surface area contributed by atoms with Gasteiger partial charge in [-0.25, -0.2) is 4.98 Å². The van der Waals surface area contributed by atoms with Gasteiger partial charge < -0.3 is 5.09 Å². The van der Waals surface area contributed by atoms with Crippen molar-refractivity contribution < 1.29 is 0 Å². The number of pyridine rings is 1. The molecule has 1 heterocycles. The maximum atomic E-state index is 4.08. The van der Waals surface area contributed by atoms with Gasteiger partial charge in [0, 0.05) is 0 Å². The average molecular weight is 205 g/mol. The van der Waals surface area contributed by atoms with E-state index < -0.39 is 0 Å². The van der Waals surface area contributed by atoms with Crippen molar-refractivity contribution >= 4 is 31.1 Å². The van der Waals surface area contributed by atoms with E-state index in [2.05, 4.69) is 35.4 Å². The van der Waals surface area contributed by atoms with Crippen molar-refractivity contribution in [3.63, 3.8) is 0 Å². The van der Waals surface area contributed by atoms with Gasteiger partial charge in [0.25, 0.3) is 0 Å². The third-order valence-electron chi connectivity index (χ3n) is 0.863. The number of nitrogens with one attached hydrogen (secondary N) is 1. The average Bonchev–Trinajstić information content (AvgIpc) is 1.88. The number of hydrogen-bond donors (Lipinski definition) is 1. The van der Waals surface area contributed by atoms with Crippen molar-refractivity contribution in [3.05, 3.63) is 22.8 Å². The van der Waals surface area contributed by atoms with E-state index in [1.807, 2.05) is 18.2 Å². The third-order valence-corrected chi connectivity index (χ3v) is 1.60. The van der Waals surface area contributed by atoms with Gasteiger partial charge in [-0.3, -0.25) is 0 Å². The predicted octanol–water partition coefficient (Wildman–Crippen LogP) is 2.05. The lowest BCUT2D eigenvalue weighted by Crippen LogP contribution is -1.83. The zero-order valence-corrected chi connectivity index (χ0v) is 7.38. The minimum absolute atomic E-state index is 0.842. The molecule has 0 fully saturated rings. The molecule has 0 saturated heterocycles. The van der Waals surface area contributed by atoms with Crippen molar-refractivity contribution in [2.24, 2.45) is 0 Å². The maximum absolute atomic E-state index is 4.08. The smallest absolute Gasteiger partial charge is 0.130 e. The van der Waals surface area contributed by atoms with Gasteiger partial charge in [0.15, 0.2) is 0 Å². The molecule has 0 spiro atoms. The summed E-state index contributed by atoms with van der Waals surface area (Å²) in [6.07, 6.45) is 0. The molecular weight excluding hydrogens is 199 g/mol. The monoisotopic (exact) mass is 204 g/mol. The van der Waals surface area contributed by atoms with Crippen LogP contribution in [-0.2, 0) is 0 Å². The molecule has 0 saturated carbocycles. The molecule has 0 aliphatic carbocycles. The summed E-state index contributed by atoms with van der Waals surface area (Å²) in [6.45, 7) is 0. The number of hydrogen-bond acceptors (Lipinski definition) is 2. The maximum Gasteiger partial charge on any atom is 0.130 e. The number of aromatic nitrogens is 1. The topological polar surface area (TPSA) is 24.9 Å². The van der Waals surface area contributed by atoms with Crippen LogP contribution in [0.5, 0.6) is 0 Å². The number of anilines is 1. The Morgan fingerprint density at radius 2 is 2.33 bits per heavy atom. The second-order valence-electron chi connectivity index (χ2n) is 1.49. The van der Waals surface area contributed by atoms with Crippen LogP contribution in [0.1, 0.15) is 0 Å². The van der Waals surface area contributed by atoms with Crippen LogP contribution < -0.4 is 5.09 Å². The quantitative estimate of drug-likeness (QED) is 0.560. The highest BCUT2D eigenvalue weighted by atomic mass is 79.9. The Kier molecular flexibility index (Phi) is 2.43. The molecule has 1 atom stereocenters. The highest BCUT2D eigenvalue weighted by Gasteiger charge is 1.87. The Bertz CT molecular complexity index is 204. The molecule has 1 aromatic heterocycles. The molecule has 48 valence electrons. The van der Waals surface area contributed by atoms with Crippen LogP contribution in [0.15, 0.2) is 22.8 Å². The fraction of sp³-hybridized carbons (Fsp3) is 0. The highest BCUT2D eigenvalue weighted by Crippen LogP contribution is 2.10. The zero-order chi connectivity index (χ0) is 6.69. The summed E-state index contributed by atoms with van der Waals surface area (Å²) in [5, 5.41) is 2.84. The van der Waals surface area contributed by atoms with Gasteiger partial charge in [0.2, 0.25) is 0 Å². The molecule has 1 aromatic rings. The van der Waals surface area contributed by atoms with Crippen molar-refractivity contribution in [2.75, 3.05) is 5.09 Å². The Hall–Kier alpha value is -0.140. The molecule has 1 unspecified atom stereocenters. The van der Waals surface area contributed by atoms with Crippen LogP contribution in [0, 0.1) is 0 Å².